The van der Waals surface area contributed by atoms with E-state index in [2.05, 4.69) is 30.3 Å². The Morgan fingerprint density at radius 3 is 2.48 bits per heavy atom. The quantitative estimate of drug-likeness (QED) is 0.713. The number of piperidine rings is 1. The zero-order chi connectivity index (χ0) is 20.1. The maximum atomic E-state index is 12.5. The topological polar surface area (TPSA) is 69.6 Å². The van der Waals surface area contributed by atoms with Crippen LogP contribution in [0.4, 0.5) is 5.82 Å². The summed E-state index contributed by atoms with van der Waals surface area (Å²) in [4.78, 5) is 38.7. The molecule has 27 heavy (non-hydrogen) atoms. The van der Waals surface area contributed by atoms with E-state index in [0.717, 1.165) is 43.3 Å². The van der Waals surface area contributed by atoms with E-state index < -0.39 is 0 Å². The van der Waals surface area contributed by atoms with Crippen LogP contribution in [0.2, 0.25) is 0 Å². The third-order valence-electron chi connectivity index (χ3n) is 5.03. The van der Waals surface area contributed by atoms with Crippen molar-refractivity contribution in [2.45, 2.75) is 45.6 Å². The molecule has 1 aliphatic heterocycles. The van der Waals surface area contributed by atoms with Gasteiger partial charge in [0.05, 0.1) is 6.54 Å². The Hall–Kier alpha value is -2.44. The summed E-state index contributed by atoms with van der Waals surface area (Å²) in [5.74, 6) is 1.84. The van der Waals surface area contributed by atoms with Crippen LogP contribution >= 0.6 is 0 Å². The molecule has 2 amide bonds. The molecule has 0 saturated carbocycles. The molecule has 0 atom stereocenters. The molecule has 0 unspecified atom stereocenters. The van der Waals surface area contributed by atoms with Gasteiger partial charge in [0.15, 0.2) is 0 Å². The van der Waals surface area contributed by atoms with Crippen molar-refractivity contribution in [2.75, 3.05) is 38.6 Å². The zero-order valence-corrected chi connectivity index (χ0v) is 17.1. The summed E-state index contributed by atoms with van der Waals surface area (Å²) < 4.78 is 0. The van der Waals surface area contributed by atoms with Crippen LogP contribution in [0, 0.1) is 6.92 Å². The standard InChI is InChI=1S/C20H31N5O2/c1-7-18(26)23(5)13-19(27)24(6)16-8-10-25(11-9-16)17-12-15(4)21-20(22-17)14(2)3/h7,12,14,16H,1,8-11,13H2,2-6H3. The summed E-state index contributed by atoms with van der Waals surface area (Å²) in [6.07, 6.45) is 2.98. The van der Waals surface area contributed by atoms with Gasteiger partial charge in [0, 0.05) is 50.9 Å². The molecule has 0 N–H and O–H groups in total. The van der Waals surface area contributed by atoms with Crippen molar-refractivity contribution >= 4 is 17.6 Å². The molecule has 1 fully saturated rings. The molecule has 0 aliphatic carbocycles. The number of rotatable bonds is 6. The second kappa shape index (κ2) is 8.97. The van der Waals surface area contributed by atoms with Gasteiger partial charge in [-0.25, -0.2) is 9.97 Å². The number of anilines is 1. The van der Waals surface area contributed by atoms with E-state index in [9.17, 15) is 9.59 Å². The van der Waals surface area contributed by atoms with E-state index >= 15 is 0 Å². The summed E-state index contributed by atoms with van der Waals surface area (Å²) in [5, 5.41) is 0. The summed E-state index contributed by atoms with van der Waals surface area (Å²) in [6.45, 7) is 11.4. The van der Waals surface area contributed by atoms with Gasteiger partial charge in [-0.1, -0.05) is 20.4 Å². The Kier molecular flexibility index (Phi) is 6.93. The van der Waals surface area contributed by atoms with E-state index in [4.69, 9.17) is 4.98 Å². The summed E-state index contributed by atoms with van der Waals surface area (Å²) in [5.41, 5.74) is 0.980. The van der Waals surface area contributed by atoms with Gasteiger partial charge in [-0.05, 0) is 25.8 Å². The molecule has 2 rings (SSSR count). The first-order valence-corrected chi connectivity index (χ1v) is 9.46. The van der Waals surface area contributed by atoms with Crippen LogP contribution in [0.15, 0.2) is 18.7 Å². The summed E-state index contributed by atoms with van der Waals surface area (Å²) >= 11 is 0. The van der Waals surface area contributed by atoms with Crippen LogP contribution in [-0.2, 0) is 9.59 Å². The molecular formula is C20H31N5O2. The highest BCUT2D eigenvalue weighted by Gasteiger charge is 2.27. The summed E-state index contributed by atoms with van der Waals surface area (Å²) in [6, 6.07) is 2.20. The normalized spacial score (nSPS) is 15.0. The number of amides is 2. The van der Waals surface area contributed by atoms with Gasteiger partial charge in [0.2, 0.25) is 11.8 Å². The molecule has 2 heterocycles. The lowest BCUT2D eigenvalue weighted by Gasteiger charge is -2.38. The van der Waals surface area contributed by atoms with Crippen molar-refractivity contribution in [3.05, 3.63) is 30.2 Å². The molecule has 0 radical (unpaired) electrons. The number of aromatic nitrogens is 2. The molecule has 1 aliphatic rings. The van der Waals surface area contributed by atoms with Gasteiger partial charge in [-0.3, -0.25) is 9.59 Å². The third kappa shape index (κ3) is 5.28. The van der Waals surface area contributed by atoms with E-state index in [1.165, 1.54) is 11.0 Å². The van der Waals surface area contributed by atoms with Crippen molar-refractivity contribution in [2.24, 2.45) is 0 Å². The van der Waals surface area contributed by atoms with Gasteiger partial charge in [0.1, 0.15) is 11.6 Å². The van der Waals surface area contributed by atoms with Gasteiger partial charge in [0.25, 0.3) is 0 Å². The number of nitrogens with zero attached hydrogens (tertiary/aromatic N) is 5. The van der Waals surface area contributed by atoms with Crippen LogP contribution in [-0.4, -0.2) is 71.4 Å². The van der Waals surface area contributed by atoms with E-state index in [0.29, 0.717) is 5.92 Å². The van der Waals surface area contributed by atoms with Gasteiger partial charge < -0.3 is 14.7 Å². The number of carbonyl (C=O) groups is 2. The van der Waals surface area contributed by atoms with Crippen molar-refractivity contribution in [1.82, 2.24) is 19.8 Å². The van der Waals surface area contributed by atoms with E-state index in [-0.39, 0.29) is 24.4 Å². The first kappa shape index (κ1) is 20.9. The number of hydrogen-bond donors (Lipinski definition) is 0. The number of carbonyl (C=O) groups excluding carboxylic acids is 2. The molecule has 7 nitrogen and oxygen atoms in total. The van der Waals surface area contributed by atoms with Gasteiger partial charge in [-0.15, -0.1) is 0 Å². The lowest BCUT2D eigenvalue weighted by molar-refractivity contribution is -0.138. The molecular weight excluding hydrogens is 342 g/mol. The fourth-order valence-corrected chi connectivity index (χ4v) is 3.23. The fraction of sp³-hybridized carbons (Fsp3) is 0.600. The monoisotopic (exact) mass is 373 g/mol. The maximum Gasteiger partial charge on any atom is 0.246 e. The van der Waals surface area contributed by atoms with Gasteiger partial charge >= 0.3 is 0 Å². The second-order valence-corrected chi connectivity index (χ2v) is 7.50. The Morgan fingerprint density at radius 1 is 1.30 bits per heavy atom. The Morgan fingerprint density at radius 2 is 1.93 bits per heavy atom. The Bertz CT molecular complexity index is 696. The highest BCUT2D eigenvalue weighted by Crippen LogP contribution is 2.23. The summed E-state index contributed by atoms with van der Waals surface area (Å²) in [7, 11) is 3.43. The maximum absolute atomic E-state index is 12.5. The van der Waals surface area contributed by atoms with Crippen LogP contribution in [0.3, 0.4) is 0 Å². The van der Waals surface area contributed by atoms with E-state index in [1.807, 2.05) is 20.0 Å². The predicted octanol–water partition coefficient (Wildman–Crippen LogP) is 1.98. The average Bonchev–Trinajstić information content (AvgIpc) is 2.66. The van der Waals surface area contributed by atoms with Crippen molar-refractivity contribution in [3.63, 3.8) is 0 Å². The second-order valence-electron chi connectivity index (χ2n) is 7.50. The molecule has 0 bridgehead atoms. The first-order valence-electron chi connectivity index (χ1n) is 9.46. The lowest BCUT2D eigenvalue weighted by Crippen LogP contribution is -2.48. The zero-order valence-electron chi connectivity index (χ0n) is 17.1. The molecule has 1 aromatic heterocycles. The van der Waals surface area contributed by atoms with Crippen molar-refractivity contribution in [3.8, 4) is 0 Å². The molecule has 0 aromatic carbocycles. The lowest BCUT2D eigenvalue weighted by atomic mass is 10.0. The minimum Gasteiger partial charge on any atom is -0.356 e. The fourth-order valence-electron chi connectivity index (χ4n) is 3.23. The Balaban J connectivity index is 1.95. The van der Waals surface area contributed by atoms with Crippen LogP contribution in [0.1, 0.15) is 44.1 Å². The van der Waals surface area contributed by atoms with E-state index in [1.54, 1.807) is 11.9 Å². The van der Waals surface area contributed by atoms with Crippen LogP contribution < -0.4 is 4.90 Å². The molecule has 7 heteroatoms. The minimum atomic E-state index is -0.244. The van der Waals surface area contributed by atoms with Gasteiger partial charge in [-0.2, -0.15) is 0 Å². The number of hydrogen-bond acceptors (Lipinski definition) is 5. The minimum absolute atomic E-state index is 0.0499. The average molecular weight is 374 g/mol. The number of likely N-dealkylation sites (N-methyl/N-ethyl adjacent to an activating group) is 2. The third-order valence-corrected chi connectivity index (χ3v) is 5.03. The molecule has 1 aromatic rings. The molecule has 0 spiro atoms. The highest BCUT2D eigenvalue weighted by molar-refractivity contribution is 5.90. The predicted molar refractivity (Wildman–Crippen MR) is 107 cm³/mol. The molecule has 1 saturated heterocycles. The highest BCUT2D eigenvalue weighted by atomic mass is 16.2. The smallest absolute Gasteiger partial charge is 0.246 e. The Labute approximate surface area is 162 Å². The van der Waals surface area contributed by atoms with Crippen molar-refractivity contribution in [1.29, 1.82) is 0 Å². The first-order chi connectivity index (χ1) is 12.7. The van der Waals surface area contributed by atoms with Crippen LogP contribution in [0.5, 0.6) is 0 Å². The largest absolute Gasteiger partial charge is 0.356 e. The molecule has 148 valence electrons. The number of aryl methyl sites for hydroxylation is 1. The van der Waals surface area contributed by atoms with Crippen molar-refractivity contribution < 1.29 is 9.59 Å². The SMILES string of the molecule is C=CC(=O)N(C)CC(=O)N(C)C1CCN(c2cc(C)nc(C(C)C)n2)CC1. The van der Waals surface area contributed by atoms with Crippen LogP contribution in [0.25, 0.3) is 0 Å².